The molecule has 0 amide bonds. The van der Waals surface area contributed by atoms with Crippen LogP contribution in [-0.2, 0) is 9.53 Å². The Morgan fingerprint density at radius 1 is 0.850 bits per heavy atom. The van der Waals surface area contributed by atoms with Gasteiger partial charge in [-0.3, -0.25) is 4.79 Å². The molecule has 0 aliphatic carbocycles. The second-order valence-corrected chi connectivity index (χ2v) is 7.09. The first-order valence-corrected chi connectivity index (χ1v) is 8.48. The molecule has 0 rings (SSSR count). The lowest BCUT2D eigenvalue weighted by Gasteiger charge is -2.40. The highest BCUT2D eigenvalue weighted by Gasteiger charge is 2.38. The average molecular weight is 284 g/mol. The van der Waals surface area contributed by atoms with Gasteiger partial charge in [0.2, 0.25) is 0 Å². The van der Waals surface area contributed by atoms with E-state index in [9.17, 15) is 4.79 Å². The molecule has 2 heteroatoms. The number of unbranched alkanes of at least 4 members (excludes halogenated alkanes) is 6. The molecular formula is C18H36O2. The molecule has 0 saturated carbocycles. The largest absolute Gasteiger partial charge is 0.459 e. The van der Waals surface area contributed by atoms with Gasteiger partial charge in [-0.15, -0.1) is 0 Å². The average Bonchev–Trinajstić information content (AvgIpc) is 2.36. The van der Waals surface area contributed by atoms with Crippen LogP contribution in [0.15, 0.2) is 0 Å². The summed E-state index contributed by atoms with van der Waals surface area (Å²) in [6.07, 6.45) is 10.2. The van der Waals surface area contributed by atoms with E-state index in [0.717, 1.165) is 19.3 Å². The third-order valence-corrected chi connectivity index (χ3v) is 4.87. The number of hydrogen-bond donors (Lipinski definition) is 0. The molecule has 0 aromatic carbocycles. The minimum absolute atomic E-state index is 0.0167. The van der Waals surface area contributed by atoms with Crippen molar-refractivity contribution in [3.63, 3.8) is 0 Å². The van der Waals surface area contributed by atoms with Gasteiger partial charge in [-0.05, 0) is 26.7 Å². The number of hydrogen-bond acceptors (Lipinski definition) is 2. The zero-order valence-electron chi connectivity index (χ0n) is 14.7. The normalized spacial score (nSPS) is 12.5. The van der Waals surface area contributed by atoms with E-state index in [1.165, 1.54) is 32.1 Å². The van der Waals surface area contributed by atoms with Gasteiger partial charge >= 0.3 is 5.97 Å². The van der Waals surface area contributed by atoms with Crippen molar-refractivity contribution in [1.29, 1.82) is 0 Å². The minimum Gasteiger partial charge on any atom is -0.459 e. The van der Waals surface area contributed by atoms with Crippen molar-refractivity contribution >= 4 is 5.97 Å². The maximum atomic E-state index is 11.9. The van der Waals surface area contributed by atoms with Crippen molar-refractivity contribution < 1.29 is 9.53 Å². The Labute approximate surface area is 126 Å². The zero-order valence-corrected chi connectivity index (χ0v) is 14.7. The Morgan fingerprint density at radius 2 is 1.35 bits per heavy atom. The van der Waals surface area contributed by atoms with Crippen LogP contribution in [0.2, 0.25) is 0 Å². The molecule has 0 aliphatic rings. The lowest BCUT2D eigenvalue weighted by atomic mass is 9.75. The number of rotatable bonds is 11. The maximum Gasteiger partial charge on any atom is 0.306 e. The van der Waals surface area contributed by atoms with Gasteiger partial charge in [0, 0.05) is 11.8 Å². The number of carbonyl (C=O) groups excluding carboxylic acids is 1. The molecule has 0 N–H and O–H groups in total. The highest BCUT2D eigenvalue weighted by atomic mass is 16.6. The smallest absolute Gasteiger partial charge is 0.306 e. The van der Waals surface area contributed by atoms with E-state index < -0.39 is 0 Å². The Morgan fingerprint density at radius 3 is 1.85 bits per heavy atom. The first-order chi connectivity index (χ1) is 9.27. The second-order valence-electron chi connectivity index (χ2n) is 7.09. The molecular weight excluding hydrogens is 248 g/mol. The lowest BCUT2D eigenvalue weighted by molar-refractivity contribution is -0.168. The summed E-state index contributed by atoms with van der Waals surface area (Å²) in [7, 11) is 0. The monoisotopic (exact) mass is 284 g/mol. The van der Waals surface area contributed by atoms with Crippen molar-refractivity contribution in [2.24, 2.45) is 5.41 Å². The van der Waals surface area contributed by atoms with E-state index in [0.29, 0.717) is 6.42 Å². The maximum absolute atomic E-state index is 11.9. The molecule has 0 spiro atoms. The quantitative estimate of drug-likeness (QED) is 0.349. The van der Waals surface area contributed by atoms with Gasteiger partial charge < -0.3 is 4.74 Å². The van der Waals surface area contributed by atoms with Crippen LogP contribution < -0.4 is 0 Å². The molecule has 0 aliphatic heterocycles. The number of carbonyl (C=O) groups is 1. The standard InChI is InChI=1S/C18H36O2/c1-7-9-10-11-12-13-14-15-16(19)20-18(5,6)17(3,4)8-2/h7-15H2,1-6H3. The summed E-state index contributed by atoms with van der Waals surface area (Å²) >= 11 is 0. The molecule has 20 heavy (non-hydrogen) atoms. The third-order valence-electron chi connectivity index (χ3n) is 4.87. The van der Waals surface area contributed by atoms with Crippen molar-refractivity contribution in [2.75, 3.05) is 0 Å². The molecule has 0 bridgehead atoms. The van der Waals surface area contributed by atoms with E-state index in [1.807, 2.05) is 13.8 Å². The molecule has 0 aromatic rings. The second kappa shape index (κ2) is 9.41. The van der Waals surface area contributed by atoms with E-state index in [4.69, 9.17) is 4.74 Å². The first-order valence-electron chi connectivity index (χ1n) is 8.48. The Balaban J connectivity index is 3.83. The summed E-state index contributed by atoms with van der Waals surface area (Å²) < 4.78 is 5.70. The van der Waals surface area contributed by atoms with Gasteiger partial charge in [-0.25, -0.2) is 0 Å². The van der Waals surface area contributed by atoms with Gasteiger partial charge in [-0.2, -0.15) is 0 Å². The third kappa shape index (κ3) is 7.31. The summed E-state index contributed by atoms with van der Waals surface area (Å²) in [5.74, 6) is -0.0370. The summed E-state index contributed by atoms with van der Waals surface area (Å²) in [6, 6.07) is 0. The molecule has 0 aromatic heterocycles. The molecule has 0 fully saturated rings. The zero-order chi connectivity index (χ0) is 15.6. The van der Waals surface area contributed by atoms with Gasteiger partial charge in [0.25, 0.3) is 0 Å². The number of ether oxygens (including phenoxy) is 1. The fourth-order valence-corrected chi connectivity index (χ4v) is 2.13. The fraction of sp³-hybridized carbons (Fsp3) is 0.944. The van der Waals surface area contributed by atoms with Gasteiger partial charge in [0.15, 0.2) is 0 Å². The van der Waals surface area contributed by atoms with E-state index in [2.05, 4.69) is 27.7 Å². The van der Waals surface area contributed by atoms with Crippen LogP contribution >= 0.6 is 0 Å². The van der Waals surface area contributed by atoms with Crippen molar-refractivity contribution in [3.8, 4) is 0 Å². The van der Waals surface area contributed by atoms with Gasteiger partial charge in [0.1, 0.15) is 5.60 Å². The van der Waals surface area contributed by atoms with Gasteiger partial charge in [0.05, 0.1) is 0 Å². The van der Waals surface area contributed by atoms with Crippen LogP contribution in [0, 0.1) is 5.41 Å². The number of esters is 1. The van der Waals surface area contributed by atoms with E-state index in [-0.39, 0.29) is 17.0 Å². The van der Waals surface area contributed by atoms with E-state index >= 15 is 0 Å². The minimum atomic E-state index is -0.389. The Kier molecular flexibility index (Phi) is 9.16. The summed E-state index contributed by atoms with van der Waals surface area (Å²) in [6.45, 7) is 12.8. The van der Waals surface area contributed by atoms with Crippen LogP contribution in [-0.4, -0.2) is 11.6 Å². The van der Waals surface area contributed by atoms with Crippen molar-refractivity contribution in [2.45, 2.75) is 105 Å². The van der Waals surface area contributed by atoms with Crippen molar-refractivity contribution in [3.05, 3.63) is 0 Å². The molecule has 0 radical (unpaired) electrons. The highest BCUT2D eigenvalue weighted by molar-refractivity contribution is 5.69. The Bertz CT molecular complexity index is 267. The SMILES string of the molecule is CCCCCCCCCC(=O)OC(C)(C)C(C)(C)CC. The topological polar surface area (TPSA) is 26.3 Å². The van der Waals surface area contributed by atoms with E-state index in [1.54, 1.807) is 0 Å². The summed E-state index contributed by atoms with van der Waals surface area (Å²) in [5.41, 5.74) is -0.372. The molecule has 0 unspecified atom stereocenters. The van der Waals surface area contributed by atoms with Crippen LogP contribution in [0.5, 0.6) is 0 Å². The van der Waals surface area contributed by atoms with Gasteiger partial charge in [-0.1, -0.05) is 66.2 Å². The van der Waals surface area contributed by atoms with Crippen molar-refractivity contribution in [1.82, 2.24) is 0 Å². The summed E-state index contributed by atoms with van der Waals surface area (Å²) in [5, 5.41) is 0. The van der Waals surface area contributed by atoms with Crippen LogP contribution in [0.1, 0.15) is 99.3 Å². The molecule has 0 atom stereocenters. The first kappa shape index (κ1) is 19.5. The van der Waals surface area contributed by atoms with Crippen LogP contribution in [0.3, 0.4) is 0 Å². The summed E-state index contributed by atoms with van der Waals surface area (Å²) in [4.78, 5) is 11.9. The molecule has 120 valence electrons. The molecule has 0 saturated heterocycles. The molecule has 2 nitrogen and oxygen atoms in total. The lowest BCUT2D eigenvalue weighted by Crippen LogP contribution is -2.42. The highest BCUT2D eigenvalue weighted by Crippen LogP contribution is 2.37. The predicted octanol–water partition coefficient (Wildman–Crippen LogP) is 5.89. The Hall–Kier alpha value is -0.530. The van der Waals surface area contributed by atoms with Crippen LogP contribution in [0.25, 0.3) is 0 Å². The molecule has 0 heterocycles. The fourth-order valence-electron chi connectivity index (χ4n) is 2.13. The predicted molar refractivity (Wildman–Crippen MR) is 86.9 cm³/mol. The van der Waals surface area contributed by atoms with Crippen LogP contribution in [0.4, 0.5) is 0 Å².